The van der Waals surface area contributed by atoms with Gasteiger partial charge in [0, 0.05) is 4.88 Å². The molecule has 1 aliphatic heterocycles. The highest BCUT2D eigenvalue weighted by molar-refractivity contribution is 7.16. The molecule has 0 spiro atoms. The van der Waals surface area contributed by atoms with Crippen LogP contribution in [0.3, 0.4) is 0 Å². The van der Waals surface area contributed by atoms with Crippen LogP contribution >= 0.6 is 11.3 Å². The third-order valence-corrected chi connectivity index (χ3v) is 6.58. The molecule has 0 bridgehead atoms. The van der Waals surface area contributed by atoms with E-state index in [1.807, 2.05) is 12.1 Å². The lowest BCUT2D eigenvalue weighted by Crippen LogP contribution is -2.38. The Labute approximate surface area is 151 Å². The Morgan fingerprint density at radius 2 is 1.92 bits per heavy atom. The van der Waals surface area contributed by atoms with Crippen molar-refractivity contribution in [1.82, 2.24) is 5.32 Å². The lowest BCUT2D eigenvalue weighted by atomic mass is 9.88. The maximum Gasteiger partial charge on any atom is 0.256 e. The van der Waals surface area contributed by atoms with Gasteiger partial charge in [-0.2, -0.15) is 0 Å². The largest absolute Gasteiger partial charge is 0.353 e. The van der Waals surface area contributed by atoms with Crippen molar-refractivity contribution in [3.05, 3.63) is 64.0 Å². The van der Waals surface area contributed by atoms with Crippen LogP contribution in [0.15, 0.2) is 42.5 Å². The highest BCUT2D eigenvalue weighted by atomic mass is 32.1. The van der Waals surface area contributed by atoms with Gasteiger partial charge >= 0.3 is 0 Å². The quantitative estimate of drug-likeness (QED) is 0.658. The van der Waals surface area contributed by atoms with E-state index in [1.54, 1.807) is 11.3 Å². The molecule has 3 aromatic rings. The molecule has 4 heteroatoms. The van der Waals surface area contributed by atoms with E-state index in [0.29, 0.717) is 5.92 Å². The SMILES string of the molecule is C[C@@H]1CCc2c(sc3c2C(=O)N[C@@H](c2ccc4ccccc4c2)N3)C1. The number of hydrogen-bond acceptors (Lipinski definition) is 3. The highest BCUT2D eigenvalue weighted by Gasteiger charge is 2.33. The predicted molar refractivity (Wildman–Crippen MR) is 103 cm³/mol. The smallest absolute Gasteiger partial charge is 0.256 e. The standard InChI is InChI=1S/C21H20N2OS/c1-12-6-9-16-17(10-12)25-21-18(16)20(24)22-19(23-21)15-8-7-13-4-2-3-5-14(13)11-15/h2-5,7-8,11-12,19,23H,6,9-10H2,1H3,(H,22,24)/t12-,19-/m1/s1. The molecule has 1 aliphatic carbocycles. The maximum atomic E-state index is 12.8. The minimum Gasteiger partial charge on any atom is -0.353 e. The van der Waals surface area contributed by atoms with Gasteiger partial charge in [0.2, 0.25) is 0 Å². The van der Waals surface area contributed by atoms with E-state index in [4.69, 9.17) is 0 Å². The van der Waals surface area contributed by atoms with Gasteiger partial charge in [-0.15, -0.1) is 11.3 Å². The molecule has 0 saturated carbocycles. The summed E-state index contributed by atoms with van der Waals surface area (Å²) in [6, 6.07) is 14.7. The van der Waals surface area contributed by atoms with Gasteiger partial charge in [-0.05, 0) is 53.1 Å². The second-order valence-corrected chi connectivity index (χ2v) is 8.32. The first-order valence-corrected chi connectivity index (χ1v) is 9.71. The molecule has 2 N–H and O–H groups in total. The fraction of sp³-hybridized carbons (Fsp3) is 0.286. The number of carbonyl (C=O) groups excluding carboxylic acids is 1. The Morgan fingerprint density at radius 1 is 1.08 bits per heavy atom. The number of carbonyl (C=O) groups is 1. The lowest BCUT2D eigenvalue weighted by Gasteiger charge is -2.27. The zero-order valence-electron chi connectivity index (χ0n) is 14.1. The predicted octanol–water partition coefficient (Wildman–Crippen LogP) is 4.88. The summed E-state index contributed by atoms with van der Waals surface area (Å²) < 4.78 is 0. The number of anilines is 1. The molecule has 1 aromatic heterocycles. The first-order chi connectivity index (χ1) is 12.2. The van der Waals surface area contributed by atoms with Crippen molar-refractivity contribution in [3.8, 4) is 0 Å². The van der Waals surface area contributed by atoms with Gasteiger partial charge in [0.1, 0.15) is 11.2 Å². The summed E-state index contributed by atoms with van der Waals surface area (Å²) in [6.45, 7) is 2.30. The number of thiophene rings is 1. The van der Waals surface area contributed by atoms with Crippen molar-refractivity contribution in [2.45, 2.75) is 32.4 Å². The van der Waals surface area contributed by atoms with Crippen LogP contribution in [0.1, 0.15) is 45.9 Å². The second kappa shape index (κ2) is 5.60. The molecule has 25 heavy (non-hydrogen) atoms. The van der Waals surface area contributed by atoms with Crippen molar-refractivity contribution in [3.63, 3.8) is 0 Å². The number of amides is 1. The molecule has 2 atom stereocenters. The van der Waals surface area contributed by atoms with Crippen LogP contribution in [0.5, 0.6) is 0 Å². The molecular weight excluding hydrogens is 328 g/mol. The molecule has 2 aliphatic rings. The minimum atomic E-state index is -0.165. The molecule has 2 aromatic carbocycles. The summed E-state index contributed by atoms with van der Waals surface area (Å²) in [7, 11) is 0. The van der Waals surface area contributed by atoms with Crippen LogP contribution in [0.2, 0.25) is 0 Å². The number of rotatable bonds is 1. The molecule has 126 valence electrons. The molecule has 1 amide bonds. The summed E-state index contributed by atoms with van der Waals surface area (Å²) in [5.74, 6) is 0.783. The van der Waals surface area contributed by atoms with E-state index in [2.05, 4.69) is 47.9 Å². The molecule has 0 fully saturated rings. The summed E-state index contributed by atoms with van der Waals surface area (Å²) in [5.41, 5.74) is 3.27. The van der Waals surface area contributed by atoms with Crippen LogP contribution in [0.25, 0.3) is 10.8 Å². The third-order valence-electron chi connectivity index (χ3n) is 5.40. The van der Waals surface area contributed by atoms with Gasteiger partial charge in [0.15, 0.2) is 0 Å². The zero-order chi connectivity index (χ0) is 17.0. The van der Waals surface area contributed by atoms with Gasteiger partial charge in [-0.25, -0.2) is 0 Å². The zero-order valence-corrected chi connectivity index (χ0v) is 15.0. The van der Waals surface area contributed by atoms with Gasteiger partial charge < -0.3 is 10.6 Å². The first-order valence-electron chi connectivity index (χ1n) is 8.89. The highest BCUT2D eigenvalue weighted by Crippen LogP contribution is 2.42. The van der Waals surface area contributed by atoms with E-state index in [-0.39, 0.29) is 12.1 Å². The van der Waals surface area contributed by atoms with E-state index in [9.17, 15) is 4.79 Å². The number of fused-ring (bicyclic) bond motifs is 4. The fourth-order valence-electron chi connectivity index (χ4n) is 4.02. The monoisotopic (exact) mass is 348 g/mol. The first kappa shape index (κ1) is 15.0. The van der Waals surface area contributed by atoms with Crippen LogP contribution < -0.4 is 10.6 Å². The Kier molecular flexibility index (Phi) is 3.35. The third kappa shape index (κ3) is 2.44. The minimum absolute atomic E-state index is 0.0685. The van der Waals surface area contributed by atoms with Crippen LogP contribution in [-0.4, -0.2) is 5.91 Å². The Morgan fingerprint density at radius 3 is 2.80 bits per heavy atom. The number of hydrogen-bond donors (Lipinski definition) is 2. The average molecular weight is 348 g/mol. The maximum absolute atomic E-state index is 12.8. The van der Waals surface area contributed by atoms with E-state index in [0.717, 1.165) is 29.0 Å². The van der Waals surface area contributed by atoms with Crippen LogP contribution in [0.4, 0.5) is 5.00 Å². The van der Waals surface area contributed by atoms with E-state index < -0.39 is 0 Å². The topological polar surface area (TPSA) is 41.1 Å². The summed E-state index contributed by atoms with van der Waals surface area (Å²) in [4.78, 5) is 14.2. The van der Waals surface area contributed by atoms with Crippen molar-refractivity contribution in [2.75, 3.05) is 5.32 Å². The molecular formula is C21H20N2OS. The van der Waals surface area contributed by atoms with Crippen molar-refractivity contribution >= 4 is 33.0 Å². The average Bonchev–Trinajstić information content (AvgIpc) is 2.99. The Bertz CT molecular complexity index is 991. The number of nitrogens with one attached hydrogen (secondary N) is 2. The van der Waals surface area contributed by atoms with Crippen LogP contribution in [0, 0.1) is 5.92 Å². The van der Waals surface area contributed by atoms with Gasteiger partial charge in [0.05, 0.1) is 5.56 Å². The molecule has 3 nitrogen and oxygen atoms in total. The molecule has 0 radical (unpaired) electrons. The fourth-order valence-corrected chi connectivity index (χ4v) is 5.45. The van der Waals surface area contributed by atoms with E-state index in [1.165, 1.54) is 27.6 Å². The van der Waals surface area contributed by atoms with Crippen molar-refractivity contribution in [1.29, 1.82) is 0 Å². The lowest BCUT2D eigenvalue weighted by molar-refractivity contribution is 0.0935. The number of benzene rings is 2. The Balaban J connectivity index is 1.52. The van der Waals surface area contributed by atoms with Crippen molar-refractivity contribution < 1.29 is 4.79 Å². The summed E-state index contributed by atoms with van der Waals surface area (Å²) in [6.07, 6.45) is 3.14. The molecule has 0 unspecified atom stereocenters. The van der Waals surface area contributed by atoms with Gasteiger partial charge in [0.25, 0.3) is 5.91 Å². The van der Waals surface area contributed by atoms with Gasteiger partial charge in [-0.1, -0.05) is 43.3 Å². The molecule has 5 rings (SSSR count). The van der Waals surface area contributed by atoms with Gasteiger partial charge in [-0.3, -0.25) is 4.79 Å². The molecule has 0 saturated heterocycles. The normalized spacial score (nSPS) is 22.0. The Hall–Kier alpha value is -2.33. The molecule has 2 heterocycles. The van der Waals surface area contributed by atoms with Crippen LogP contribution in [-0.2, 0) is 12.8 Å². The van der Waals surface area contributed by atoms with Crippen molar-refractivity contribution in [2.24, 2.45) is 5.92 Å². The van der Waals surface area contributed by atoms with E-state index >= 15 is 0 Å². The summed E-state index contributed by atoms with van der Waals surface area (Å²) >= 11 is 1.78. The summed E-state index contributed by atoms with van der Waals surface area (Å²) in [5, 5.41) is 10.2. The second-order valence-electron chi connectivity index (χ2n) is 7.21.